The minimum Gasteiger partial charge on any atom is -0.486 e. The minimum atomic E-state index is -0.263. The Bertz CT molecular complexity index is 538. The smallest absolute Gasteiger partial charge is 0.315 e. The Morgan fingerprint density at radius 3 is 2.75 bits per heavy atom. The standard InChI is InChI=1S/C15H18N2O3/c1-2-7-16-14(18)17-15(5-6-15)11-3-4-12-13(10-11)20-9-8-19-12/h2-4,10H,1,5-9H2,(H2,16,17,18). The molecule has 1 aromatic carbocycles. The quantitative estimate of drug-likeness (QED) is 0.825. The van der Waals surface area contributed by atoms with Crippen LogP contribution < -0.4 is 20.1 Å². The summed E-state index contributed by atoms with van der Waals surface area (Å²) in [5, 5.41) is 5.77. The van der Waals surface area contributed by atoms with Crippen molar-refractivity contribution in [1.29, 1.82) is 0 Å². The van der Waals surface area contributed by atoms with Crippen LogP contribution in [0.15, 0.2) is 30.9 Å². The molecule has 0 atom stereocenters. The van der Waals surface area contributed by atoms with Gasteiger partial charge in [0.25, 0.3) is 0 Å². The monoisotopic (exact) mass is 274 g/mol. The molecule has 0 bridgehead atoms. The highest BCUT2D eigenvalue weighted by atomic mass is 16.6. The van der Waals surface area contributed by atoms with Gasteiger partial charge in [-0.3, -0.25) is 0 Å². The molecule has 0 spiro atoms. The second-order valence-electron chi connectivity index (χ2n) is 5.06. The molecule has 0 aromatic heterocycles. The number of urea groups is 1. The zero-order chi connectivity index (χ0) is 14.0. The van der Waals surface area contributed by atoms with Gasteiger partial charge in [0.05, 0.1) is 5.54 Å². The van der Waals surface area contributed by atoms with Crippen LogP contribution in [0.25, 0.3) is 0 Å². The molecule has 1 aliphatic heterocycles. The average Bonchev–Trinajstić information content (AvgIpc) is 3.25. The maximum absolute atomic E-state index is 11.8. The van der Waals surface area contributed by atoms with E-state index in [1.54, 1.807) is 6.08 Å². The van der Waals surface area contributed by atoms with Gasteiger partial charge in [0.15, 0.2) is 11.5 Å². The Balaban J connectivity index is 1.74. The molecule has 1 aliphatic carbocycles. The SMILES string of the molecule is C=CCNC(=O)NC1(c2ccc3c(c2)OCCO3)CC1. The van der Waals surface area contributed by atoms with Crippen LogP contribution in [0.4, 0.5) is 4.79 Å². The van der Waals surface area contributed by atoms with Gasteiger partial charge in [-0.1, -0.05) is 12.1 Å². The van der Waals surface area contributed by atoms with Crippen LogP contribution in [0.3, 0.4) is 0 Å². The summed E-state index contributed by atoms with van der Waals surface area (Å²) >= 11 is 0. The number of rotatable bonds is 4. The van der Waals surface area contributed by atoms with Crippen LogP contribution in [0, 0.1) is 0 Å². The number of ether oxygens (including phenoxy) is 2. The second-order valence-corrected chi connectivity index (χ2v) is 5.06. The Kier molecular flexibility index (Phi) is 3.26. The third-order valence-corrected chi connectivity index (χ3v) is 3.60. The van der Waals surface area contributed by atoms with Crippen molar-refractivity contribution in [2.75, 3.05) is 19.8 Å². The fraction of sp³-hybridized carbons (Fsp3) is 0.400. The lowest BCUT2D eigenvalue weighted by Crippen LogP contribution is -2.42. The van der Waals surface area contributed by atoms with Gasteiger partial charge < -0.3 is 20.1 Å². The van der Waals surface area contributed by atoms with Crippen molar-refractivity contribution in [2.45, 2.75) is 18.4 Å². The molecule has 1 fully saturated rings. The van der Waals surface area contributed by atoms with E-state index in [2.05, 4.69) is 17.2 Å². The van der Waals surface area contributed by atoms with Crippen molar-refractivity contribution in [3.63, 3.8) is 0 Å². The Morgan fingerprint density at radius 2 is 2.05 bits per heavy atom. The highest BCUT2D eigenvalue weighted by Gasteiger charge is 2.46. The van der Waals surface area contributed by atoms with Crippen molar-refractivity contribution in [3.8, 4) is 11.5 Å². The average molecular weight is 274 g/mol. The predicted molar refractivity (Wildman–Crippen MR) is 75.1 cm³/mol. The first-order valence-electron chi connectivity index (χ1n) is 6.80. The Labute approximate surface area is 118 Å². The number of nitrogens with one attached hydrogen (secondary N) is 2. The molecule has 1 aromatic rings. The molecule has 2 aliphatic rings. The molecule has 106 valence electrons. The molecular formula is C15H18N2O3. The van der Waals surface area contributed by atoms with E-state index in [4.69, 9.17) is 9.47 Å². The number of hydrogen-bond donors (Lipinski definition) is 2. The van der Waals surface area contributed by atoms with E-state index in [9.17, 15) is 4.79 Å². The van der Waals surface area contributed by atoms with Gasteiger partial charge in [0, 0.05) is 6.54 Å². The van der Waals surface area contributed by atoms with Crippen molar-refractivity contribution >= 4 is 6.03 Å². The van der Waals surface area contributed by atoms with E-state index < -0.39 is 0 Å². The summed E-state index contributed by atoms with van der Waals surface area (Å²) in [4.78, 5) is 11.8. The normalized spacial score (nSPS) is 18.0. The molecule has 5 heteroatoms. The molecule has 2 amide bonds. The van der Waals surface area contributed by atoms with Crippen LogP contribution in [0.5, 0.6) is 11.5 Å². The molecule has 20 heavy (non-hydrogen) atoms. The highest BCUT2D eigenvalue weighted by molar-refractivity contribution is 5.76. The molecule has 0 saturated heterocycles. The first kappa shape index (κ1) is 12.8. The van der Waals surface area contributed by atoms with Crippen molar-refractivity contribution < 1.29 is 14.3 Å². The first-order valence-corrected chi connectivity index (χ1v) is 6.80. The molecule has 0 unspecified atom stereocenters. The minimum absolute atomic E-state index is 0.169. The predicted octanol–water partition coefficient (Wildman–Crippen LogP) is 1.93. The Morgan fingerprint density at radius 1 is 1.30 bits per heavy atom. The number of amides is 2. The molecule has 1 heterocycles. The van der Waals surface area contributed by atoms with Crippen molar-refractivity contribution in [1.82, 2.24) is 10.6 Å². The maximum atomic E-state index is 11.8. The van der Waals surface area contributed by atoms with Crippen molar-refractivity contribution in [2.24, 2.45) is 0 Å². The molecular weight excluding hydrogens is 256 g/mol. The first-order chi connectivity index (χ1) is 9.73. The number of fused-ring (bicyclic) bond motifs is 1. The lowest BCUT2D eigenvalue weighted by Gasteiger charge is -2.22. The summed E-state index contributed by atoms with van der Waals surface area (Å²) < 4.78 is 11.1. The van der Waals surface area contributed by atoms with E-state index in [1.165, 1.54) is 0 Å². The molecule has 0 radical (unpaired) electrons. The van der Waals surface area contributed by atoms with E-state index in [0.717, 1.165) is 29.9 Å². The summed E-state index contributed by atoms with van der Waals surface area (Å²) in [6.07, 6.45) is 3.53. The van der Waals surface area contributed by atoms with Crippen LogP contribution in [0.1, 0.15) is 18.4 Å². The number of carbonyl (C=O) groups excluding carboxylic acids is 1. The Hall–Kier alpha value is -2.17. The van der Waals surface area contributed by atoms with Crippen LogP contribution in [-0.2, 0) is 5.54 Å². The second kappa shape index (κ2) is 5.07. The van der Waals surface area contributed by atoms with Gasteiger partial charge in [-0.2, -0.15) is 0 Å². The summed E-state index contributed by atoms with van der Waals surface area (Å²) in [6.45, 7) is 5.19. The van der Waals surface area contributed by atoms with Gasteiger partial charge in [-0.05, 0) is 30.5 Å². The number of carbonyl (C=O) groups is 1. The third kappa shape index (κ3) is 2.43. The van der Waals surface area contributed by atoms with Crippen molar-refractivity contribution in [3.05, 3.63) is 36.4 Å². The fourth-order valence-corrected chi connectivity index (χ4v) is 2.38. The zero-order valence-electron chi connectivity index (χ0n) is 11.3. The van der Waals surface area contributed by atoms with Gasteiger partial charge in [0.2, 0.25) is 0 Å². The lowest BCUT2D eigenvalue weighted by atomic mass is 10.0. The summed E-state index contributed by atoms with van der Waals surface area (Å²) in [5.41, 5.74) is 0.802. The molecule has 5 nitrogen and oxygen atoms in total. The van der Waals surface area contributed by atoms with E-state index in [1.807, 2.05) is 18.2 Å². The van der Waals surface area contributed by atoms with Crippen LogP contribution in [-0.4, -0.2) is 25.8 Å². The topological polar surface area (TPSA) is 59.6 Å². The van der Waals surface area contributed by atoms with Gasteiger partial charge in [-0.25, -0.2) is 4.79 Å². The lowest BCUT2D eigenvalue weighted by molar-refractivity contribution is 0.171. The van der Waals surface area contributed by atoms with Gasteiger partial charge >= 0.3 is 6.03 Å². The highest BCUT2D eigenvalue weighted by Crippen LogP contribution is 2.47. The van der Waals surface area contributed by atoms with E-state index in [0.29, 0.717) is 19.8 Å². The summed E-state index contributed by atoms with van der Waals surface area (Å²) in [5.74, 6) is 1.53. The molecule has 1 saturated carbocycles. The van der Waals surface area contributed by atoms with Crippen LogP contribution >= 0.6 is 0 Å². The van der Waals surface area contributed by atoms with Gasteiger partial charge in [-0.15, -0.1) is 6.58 Å². The number of hydrogen-bond acceptors (Lipinski definition) is 3. The third-order valence-electron chi connectivity index (χ3n) is 3.60. The number of benzene rings is 1. The van der Waals surface area contributed by atoms with Gasteiger partial charge in [0.1, 0.15) is 13.2 Å². The van der Waals surface area contributed by atoms with E-state index >= 15 is 0 Å². The summed E-state index contributed by atoms with van der Waals surface area (Å²) in [7, 11) is 0. The maximum Gasteiger partial charge on any atom is 0.315 e. The molecule has 2 N–H and O–H groups in total. The summed E-state index contributed by atoms with van der Waals surface area (Å²) in [6, 6.07) is 5.70. The van der Waals surface area contributed by atoms with E-state index in [-0.39, 0.29) is 11.6 Å². The molecule has 3 rings (SSSR count). The van der Waals surface area contributed by atoms with Crippen LogP contribution in [0.2, 0.25) is 0 Å². The fourth-order valence-electron chi connectivity index (χ4n) is 2.38. The zero-order valence-corrected chi connectivity index (χ0v) is 11.3. The largest absolute Gasteiger partial charge is 0.486 e.